The maximum absolute atomic E-state index is 11.8. The maximum Gasteiger partial charge on any atom is 0.272 e. The van der Waals surface area contributed by atoms with E-state index in [1.807, 2.05) is 6.92 Å². The van der Waals surface area contributed by atoms with E-state index in [2.05, 4.69) is 14.9 Å². The van der Waals surface area contributed by atoms with Crippen molar-refractivity contribution in [2.75, 3.05) is 4.72 Å². The van der Waals surface area contributed by atoms with Crippen molar-refractivity contribution in [3.8, 4) is 0 Å². The van der Waals surface area contributed by atoms with E-state index in [1.165, 1.54) is 17.5 Å². The van der Waals surface area contributed by atoms with Gasteiger partial charge in [-0.05, 0) is 19.1 Å². The van der Waals surface area contributed by atoms with Crippen LogP contribution in [0.4, 0.5) is 5.82 Å². The molecule has 0 saturated carbocycles. The number of aromatic amines is 1. The van der Waals surface area contributed by atoms with Crippen LogP contribution in [0.3, 0.4) is 0 Å². The second-order valence-corrected chi connectivity index (χ2v) is 6.14. The minimum Gasteiger partial charge on any atom is -0.263 e. The Morgan fingerprint density at radius 2 is 2.20 bits per heavy atom. The standard InChI is InChI=1S/C8H9N3O2S2/c1-6-2-3-8(14-6)15(12,13)11-7-4-5-9-10-7/h2-5H,1H3,(H2,9,10,11). The lowest BCUT2D eigenvalue weighted by Gasteiger charge is -2.01. The summed E-state index contributed by atoms with van der Waals surface area (Å²) in [6.07, 6.45) is 1.48. The summed E-state index contributed by atoms with van der Waals surface area (Å²) in [6, 6.07) is 4.91. The van der Waals surface area contributed by atoms with E-state index >= 15 is 0 Å². The summed E-state index contributed by atoms with van der Waals surface area (Å²) in [6.45, 7) is 1.86. The van der Waals surface area contributed by atoms with E-state index in [0.29, 0.717) is 10.0 Å². The van der Waals surface area contributed by atoms with Gasteiger partial charge in [-0.3, -0.25) is 9.82 Å². The van der Waals surface area contributed by atoms with Crippen molar-refractivity contribution in [2.24, 2.45) is 0 Å². The molecule has 0 aliphatic carbocycles. The van der Waals surface area contributed by atoms with E-state index in [0.717, 1.165) is 4.88 Å². The number of hydrogen-bond donors (Lipinski definition) is 2. The summed E-state index contributed by atoms with van der Waals surface area (Å²) in [4.78, 5) is 0.958. The molecular weight excluding hydrogens is 234 g/mol. The SMILES string of the molecule is Cc1ccc(S(=O)(=O)Nc2ccn[nH]2)s1. The van der Waals surface area contributed by atoms with Gasteiger partial charge in [-0.25, -0.2) is 8.42 Å². The lowest BCUT2D eigenvalue weighted by molar-refractivity contribution is 0.603. The predicted molar refractivity (Wildman–Crippen MR) is 58.5 cm³/mol. The summed E-state index contributed by atoms with van der Waals surface area (Å²) >= 11 is 1.23. The molecule has 2 aromatic rings. The number of rotatable bonds is 3. The Balaban J connectivity index is 2.28. The average molecular weight is 243 g/mol. The van der Waals surface area contributed by atoms with Gasteiger partial charge in [0.05, 0.1) is 6.20 Å². The zero-order valence-corrected chi connectivity index (χ0v) is 9.52. The second kappa shape index (κ2) is 3.67. The summed E-state index contributed by atoms with van der Waals surface area (Å²) in [5.41, 5.74) is 0. The molecule has 0 unspecified atom stereocenters. The van der Waals surface area contributed by atoms with Crippen molar-refractivity contribution in [2.45, 2.75) is 11.1 Å². The van der Waals surface area contributed by atoms with Crippen LogP contribution in [0.15, 0.2) is 28.6 Å². The number of anilines is 1. The number of thiophene rings is 1. The third-order valence-electron chi connectivity index (χ3n) is 1.73. The lowest BCUT2D eigenvalue weighted by Crippen LogP contribution is -2.11. The van der Waals surface area contributed by atoms with Gasteiger partial charge in [-0.15, -0.1) is 11.3 Å². The highest BCUT2D eigenvalue weighted by atomic mass is 32.2. The molecule has 5 nitrogen and oxygen atoms in total. The van der Waals surface area contributed by atoms with Crippen LogP contribution in [0.1, 0.15) is 4.88 Å². The molecule has 0 aliphatic rings. The van der Waals surface area contributed by atoms with Gasteiger partial charge >= 0.3 is 0 Å². The minimum absolute atomic E-state index is 0.301. The van der Waals surface area contributed by atoms with Crippen LogP contribution in [-0.4, -0.2) is 18.6 Å². The van der Waals surface area contributed by atoms with Gasteiger partial charge in [0, 0.05) is 10.9 Å². The molecule has 0 spiro atoms. The fraction of sp³-hybridized carbons (Fsp3) is 0.125. The maximum atomic E-state index is 11.8. The fourth-order valence-electron chi connectivity index (χ4n) is 1.06. The highest BCUT2D eigenvalue weighted by Crippen LogP contribution is 2.22. The zero-order chi connectivity index (χ0) is 10.9. The summed E-state index contributed by atoms with van der Waals surface area (Å²) in [7, 11) is -3.47. The molecule has 80 valence electrons. The number of nitrogens with zero attached hydrogens (tertiary/aromatic N) is 1. The quantitative estimate of drug-likeness (QED) is 0.859. The van der Waals surface area contributed by atoms with Crippen molar-refractivity contribution in [1.82, 2.24) is 10.2 Å². The van der Waals surface area contributed by atoms with E-state index in [1.54, 1.807) is 18.2 Å². The van der Waals surface area contributed by atoms with Crippen molar-refractivity contribution in [1.29, 1.82) is 0 Å². The van der Waals surface area contributed by atoms with Gasteiger partial charge < -0.3 is 0 Å². The summed E-state index contributed by atoms with van der Waals surface area (Å²) in [5, 5.41) is 6.19. The number of aromatic nitrogens is 2. The molecular formula is C8H9N3O2S2. The lowest BCUT2D eigenvalue weighted by atomic mass is 10.5. The Labute approximate surface area is 91.2 Å². The van der Waals surface area contributed by atoms with Crippen molar-refractivity contribution < 1.29 is 8.42 Å². The highest BCUT2D eigenvalue weighted by molar-refractivity contribution is 7.94. The normalized spacial score (nSPS) is 11.5. The monoisotopic (exact) mass is 243 g/mol. The number of H-pyrrole nitrogens is 1. The molecule has 0 saturated heterocycles. The molecule has 0 fully saturated rings. The van der Waals surface area contributed by atoms with Crippen LogP contribution in [0.2, 0.25) is 0 Å². The van der Waals surface area contributed by atoms with Gasteiger partial charge in [0.15, 0.2) is 0 Å². The molecule has 7 heteroatoms. The minimum atomic E-state index is -3.47. The van der Waals surface area contributed by atoms with Gasteiger partial charge in [-0.2, -0.15) is 5.10 Å². The summed E-state index contributed by atoms with van der Waals surface area (Å²) in [5.74, 6) is 0.362. The average Bonchev–Trinajstić information content (AvgIpc) is 2.75. The molecule has 0 amide bonds. The first-order valence-corrected chi connectivity index (χ1v) is 6.46. The van der Waals surface area contributed by atoms with Crippen LogP contribution in [0, 0.1) is 6.92 Å². The molecule has 0 bridgehead atoms. The number of aryl methyl sites for hydroxylation is 1. The van der Waals surface area contributed by atoms with E-state index in [4.69, 9.17) is 0 Å². The number of sulfonamides is 1. The van der Waals surface area contributed by atoms with Gasteiger partial charge in [0.25, 0.3) is 10.0 Å². The van der Waals surface area contributed by atoms with E-state index < -0.39 is 10.0 Å². The first-order valence-electron chi connectivity index (χ1n) is 4.16. The molecule has 2 N–H and O–H groups in total. The summed E-state index contributed by atoms with van der Waals surface area (Å²) < 4.78 is 26.2. The molecule has 0 atom stereocenters. The van der Waals surface area contributed by atoms with Crippen molar-refractivity contribution >= 4 is 27.2 Å². The fourth-order valence-corrected chi connectivity index (χ4v) is 3.36. The van der Waals surface area contributed by atoms with Gasteiger partial charge in [0.2, 0.25) is 0 Å². The Morgan fingerprint density at radius 3 is 2.73 bits per heavy atom. The van der Waals surface area contributed by atoms with Crippen molar-refractivity contribution in [3.05, 3.63) is 29.3 Å². The third-order valence-corrected chi connectivity index (χ3v) is 4.58. The van der Waals surface area contributed by atoms with Crippen LogP contribution in [0.5, 0.6) is 0 Å². The van der Waals surface area contributed by atoms with Gasteiger partial charge in [0.1, 0.15) is 10.0 Å². The van der Waals surface area contributed by atoms with Crippen LogP contribution in [0.25, 0.3) is 0 Å². The van der Waals surface area contributed by atoms with Gasteiger partial charge in [-0.1, -0.05) is 0 Å². The molecule has 15 heavy (non-hydrogen) atoms. The van der Waals surface area contributed by atoms with E-state index in [9.17, 15) is 8.42 Å². The predicted octanol–water partition coefficient (Wildman–Crippen LogP) is 1.58. The Kier molecular flexibility index (Phi) is 2.49. The van der Waals surface area contributed by atoms with Crippen LogP contribution < -0.4 is 4.72 Å². The van der Waals surface area contributed by atoms with E-state index in [-0.39, 0.29) is 0 Å². The smallest absolute Gasteiger partial charge is 0.263 e. The molecule has 0 aromatic carbocycles. The van der Waals surface area contributed by atoms with Crippen molar-refractivity contribution in [3.63, 3.8) is 0 Å². The largest absolute Gasteiger partial charge is 0.272 e. The van der Waals surface area contributed by atoms with Crippen LogP contribution in [-0.2, 0) is 10.0 Å². The molecule has 0 aliphatic heterocycles. The molecule has 0 radical (unpaired) electrons. The first-order chi connectivity index (χ1) is 7.08. The number of hydrogen-bond acceptors (Lipinski definition) is 4. The number of nitrogens with one attached hydrogen (secondary N) is 2. The molecule has 2 rings (SSSR count). The third kappa shape index (κ3) is 2.18. The Bertz CT molecular complexity index is 542. The molecule has 2 aromatic heterocycles. The highest BCUT2D eigenvalue weighted by Gasteiger charge is 2.16. The first kappa shape index (κ1) is 10.2. The van der Waals surface area contributed by atoms with Crippen LogP contribution >= 0.6 is 11.3 Å². The topological polar surface area (TPSA) is 74.8 Å². The second-order valence-electron chi connectivity index (χ2n) is 2.94. The Hall–Kier alpha value is -1.34. The molecule has 2 heterocycles. The zero-order valence-electron chi connectivity index (χ0n) is 7.89. The Morgan fingerprint density at radius 1 is 1.40 bits per heavy atom.